The minimum atomic E-state index is -1.60. The highest BCUT2D eigenvalue weighted by Crippen LogP contribution is 2.04. The van der Waals surface area contributed by atoms with E-state index in [-0.39, 0.29) is 0 Å². The molecule has 0 amide bonds. The number of rotatable bonds is 2. The Hall–Kier alpha value is -1.41. The quantitative estimate of drug-likeness (QED) is 0.717. The highest BCUT2D eigenvalue weighted by atomic mass is 28.3. The first-order valence-electron chi connectivity index (χ1n) is 5.59. The van der Waals surface area contributed by atoms with Crippen LogP contribution < -0.4 is 10.5 Å². The van der Waals surface area contributed by atoms with Crippen molar-refractivity contribution < 1.29 is 0 Å². The molecule has 2 aromatic rings. The summed E-state index contributed by atoms with van der Waals surface area (Å²) in [6.07, 6.45) is 1.92. The van der Waals surface area contributed by atoms with E-state index in [1.165, 1.54) is 16.1 Å². The maximum Gasteiger partial charge on any atom is 0.135 e. The molecule has 1 heterocycles. The first-order valence-corrected chi connectivity index (χ1v) is 8.59. The molecule has 0 N–H and O–H groups in total. The lowest BCUT2D eigenvalue weighted by atomic mass is 10.3. The van der Waals surface area contributed by atoms with Crippen molar-refractivity contribution in [2.75, 3.05) is 0 Å². The molecular formula is C14H17NSi. The SMILES string of the molecule is Cc1ccnc([Si](C)(C)c2ccccc2)c1. The van der Waals surface area contributed by atoms with E-state index in [2.05, 4.69) is 67.5 Å². The van der Waals surface area contributed by atoms with Gasteiger partial charge in [0.2, 0.25) is 0 Å². The van der Waals surface area contributed by atoms with E-state index in [1.807, 2.05) is 6.20 Å². The van der Waals surface area contributed by atoms with Gasteiger partial charge in [0.15, 0.2) is 0 Å². The van der Waals surface area contributed by atoms with E-state index in [0.29, 0.717) is 0 Å². The van der Waals surface area contributed by atoms with E-state index in [9.17, 15) is 0 Å². The Morgan fingerprint density at radius 1 is 1.00 bits per heavy atom. The van der Waals surface area contributed by atoms with Gasteiger partial charge in [-0.05, 0) is 24.6 Å². The van der Waals surface area contributed by atoms with Crippen LogP contribution in [0, 0.1) is 6.92 Å². The molecule has 0 atom stereocenters. The van der Waals surface area contributed by atoms with Crippen LogP contribution in [0.5, 0.6) is 0 Å². The van der Waals surface area contributed by atoms with E-state index >= 15 is 0 Å². The van der Waals surface area contributed by atoms with Gasteiger partial charge in [-0.15, -0.1) is 0 Å². The number of aryl methyl sites for hydroxylation is 1. The number of hydrogen-bond donors (Lipinski definition) is 0. The Labute approximate surface area is 98.2 Å². The molecule has 1 aromatic carbocycles. The molecule has 0 aliphatic carbocycles. The number of hydrogen-bond acceptors (Lipinski definition) is 1. The molecule has 0 spiro atoms. The van der Waals surface area contributed by atoms with Crippen LogP contribution in [0.2, 0.25) is 13.1 Å². The van der Waals surface area contributed by atoms with Crippen molar-refractivity contribution in [3.05, 3.63) is 54.2 Å². The van der Waals surface area contributed by atoms with Gasteiger partial charge >= 0.3 is 0 Å². The fourth-order valence-electron chi connectivity index (χ4n) is 1.88. The summed E-state index contributed by atoms with van der Waals surface area (Å²) in [4.78, 5) is 4.55. The molecule has 82 valence electrons. The molecule has 0 fully saturated rings. The summed E-state index contributed by atoms with van der Waals surface area (Å²) in [6, 6.07) is 15.0. The fraction of sp³-hybridized carbons (Fsp3) is 0.214. The van der Waals surface area contributed by atoms with Crippen molar-refractivity contribution in [2.24, 2.45) is 0 Å². The van der Waals surface area contributed by atoms with Crippen LogP contribution >= 0.6 is 0 Å². The van der Waals surface area contributed by atoms with Crippen molar-refractivity contribution in [2.45, 2.75) is 20.0 Å². The smallest absolute Gasteiger partial charge is 0.135 e. The monoisotopic (exact) mass is 227 g/mol. The summed E-state index contributed by atoms with van der Waals surface area (Å²) < 4.78 is 0. The van der Waals surface area contributed by atoms with E-state index in [1.54, 1.807) is 0 Å². The summed E-state index contributed by atoms with van der Waals surface area (Å²) in [5.41, 5.74) is 1.29. The van der Waals surface area contributed by atoms with Crippen molar-refractivity contribution in [1.82, 2.24) is 4.98 Å². The Balaban J connectivity index is 2.47. The van der Waals surface area contributed by atoms with Crippen LogP contribution in [0.1, 0.15) is 5.56 Å². The van der Waals surface area contributed by atoms with Gasteiger partial charge in [0, 0.05) is 11.5 Å². The number of pyridine rings is 1. The molecule has 2 rings (SSSR count). The minimum Gasteiger partial charge on any atom is -0.266 e. The van der Waals surface area contributed by atoms with Crippen LogP contribution in [0.25, 0.3) is 0 Å². The lowest BCUT2D eigenvalue weighted by molar-refractivity contribution is 1.32. The van der Waals surface area contributed by atoms with Gasteiger partial charge in [-0.25, -0.2) is 0 Å². The second kappa shape index (κ2) is 4.22. The van der Waals surface area contributed by atoms with Crippen LogP contribution in [-0.2, 0) is 0 Å². The highest BCUT2D eigenvalue weighted by Gasteiger charge is 2.27. The normalized spacial score (nSPS) is 11.4. The molecular weight excluding hydrogens is 210 g/mol. The summed E-state index contributed by atoms with van der Waals surface area (Å²) in [7, 11) is -1.60. The largest absolute Gasteiger partial charge is 0.266 e. The average molecular weight is 227 g/mol. The summed E-state index contributed by atoms with van der Waals surface area (Å²) in [5.74, 6) is 0. The zero-order valence-corrected chi connectivity index (χ0v) is 11.1. The summed E-state index contributed by atoms with van der Waals surface area (Å²) in [6.45, 7) is 6.83. The lowest BCUT2D eigenvalue weighted by Gasteiger charge is -2.22. The third-order valence-electron chi connectivity index (χ3n) is 3.05. The third-order valence-corrected chi connectivity index (χ3v) is 6.38. The molecule has 0 saturated heterocycles. The topological polar surface area (TPSA) is 12.9 Å². The van der Waals surface area contributed by atoms with Gasteiger partial charge < -0.3 is 0 Å². The zero-order chi connectivity index (χ0) is 11.6. The van der Waals surface area contributed by atoms with Crippen molar-refractivity contribution in [3.8, 4) is 0 Å². The second-order valence-electron chi connectivity index (χ2n) is 4.71. The van der Waals surface area contributed by atoms with Gasteiger partial charge in [0.25, 0.3) is 0 Å². The van der Waals surface area contributed by atoms with Crippen molar-refractivity contribution in [1.29, 1.82) is 0 Å². The van der Waals surface area contributed by atoms with Gasteiger partial charge in [-0.1, -0.05) is 48.6 Å². The fourth-order valence-corrected chi connectivity index (χ4v) is 4.19. The number of aromatic nitrogens is 1. The molecule has 2 heteroatoms. The van der Waals surface area contributed by atoms with E-state index in [4.69, 9.17) is 0 Å². The summed E-state index contributed by atoms with van der Waals surface area (Å²) in [5, 5.41) is 2.70. The predicted molar refractivity (Wildman–Crippen MR) is 72.2 cm³/mol. The van der Waals surface area contributed by atoms with E-state index in [0.717, 1.165) is 0 Å². The molecule has 0 bridgehead atoms. The highest BCUT2D eigenvalue weighted by molar-refractivity contribution is 6.99. The Morgan fingerprint density at radius 2 is 1.69 bits per heavy atom. The van der Waals surface area contributed by atoms with Gasteiger partial charge in [-0.3, -0.25) is 4.98 Å². The Morgan fingerprint density at radius 3 is 2.31 bits per heavy atom. The van der Waals surface area contributed by atoms with Gasteiger partial charge in [-0.2, -0.15) is 0 Å². The minimum absolute atomic E-state index is 1.26. The van der Waals surface area contributed by atoms with Crippen LogP contribution in [0.3, 0.4) is 0 Å². The van der Waals surface area contributed by atoms with Gasteiger partial charge in [0.05, 0.1) is 0 Å². The van der Waals surface area contributed by atoms with E-state index < -0.39 is 8.07 Å². The second-order valence-corrected chi connectivity index (χ2v) is 9.05. The molecule has 0 unspecified atom stereocenters. The van der Waals surface area contributed by atoms with Crippen LogP contribution in [0.4, 0.5) is 0 Å². The molecule has 16 heavy (non-hydrogen) atoms. The predicted octanol–water partition coefficient (Wildman–Crippen LogP) is 2.21. The van der Waals surface area contributed by atoms with Crippen molar-refractivity contribution in [3.63, 3.8) is 0 Å². The molecule has 0 radical (unpaired) electrons. The molecule has 1 nitrogen and oxygen atoms in total. The van der Waals surface area contributed by atoms with Crippen LogP contribution in [-0.4, -0.2) is 13.1 Å². The van der Waals surface area contributed by atoms with Crippen molar-refractivity contribution >= 4 is 18.6 Å². The lowest BCUT2D eigenvalue weighted by Crippen LogP contribution is -2.54. The maximum atomic E-state index is 4.55. The zero-order valence-electron chi connectivity index (χ0n) is 10.1. The first kappa shape index (κ1) is 11.1. The summed E-state index contributed by atoms with van der Waals surface area (Å²) >= 11 is 0. The van der Waals surface area contributed by atoms with Crippen LogP contribution in [0.15, 0.2) is 48.7 Å². The molecule has 0 aliphatic rings. The maximum absolute atomic E-state index is 4.55. The number of benzene rings is 1. The Bertz CT molecular complexity index is 477. The Kier molecular flexibility index (Phi) is 2.92. The number of nitrogens with zero attached hydrogens (tertiary/aromatic N) is 1. The molecule has 1 aromatic heterocycles. The average Bonchev–Trinajstić information content (AvgIpc) is 2.30. The van der Waals surface area contributed by atoms with Gasteiger partial charge in [0.1, 0.15) is 8.07 Å². The standard InChI is InChI=1S/C14H17NSi/c1-12-9-10-15-14(11-12)16(2,3)13-7-5-4-6-8-13/h4-11H,1-3H3. The molecule has 0 aliphatic heterocycles. The first-order chi connectivity index (χ1) is 7.60. The third kappa shape index (κ3) is 2.07. The molecule has 0 saturated carbocycles.